The maximum Gasteiger partial charge on any atom is 0.496 e. The molecule has 0 spiro atoms. The molecule has 0 heterocycles. The summed E-state index contributed by atoms with van der Waals surface area (Å²) in [4.78, 5) is 0. The summed E-state index contributed by atoms with van der Waals surface area (Å²) in [7, 11) is -23.7. The summed E-state index contributed by atoms with van der Waals surface area (Å²) < 4.78 is 176. The van der Waals surface area contributed by atoms with E-state index in [1.165, 1.54) is 38.1 Å². The van der Waals surface area contributed by atoms with Crippen LogP contribution in [0.2, 0.25) is 0 Å². The fraction of sp³-hybridized carbons (Fsp3) is 0.500. The first-order valence-corrected chi connectivity index (χ1v) is 18.3. The Labute approximate surface area is 269 Å². The van der Waals surface area contributed by atoms with Crippen LogP contribution in [0, 0.1) is 13.8 Å². The van der Waals surface area contributed by atoms with Gasteiger partial charge >= 0.3 is 49.5 Å². The maximum atomic E-state index is 15.1. The molecule has 15 nitrogen and oxygen atoms in total. The van der Waals surface area contributed by atoms with E-state index in [1.54, 1.807) is 0 Å². The Balaban J connectivity index is 2.57. The van der Waals surface area contributed by atoms with Crippen LogP contribution in [0.15, 0.2) is 24.3 Å². The van der Waals surface area contributed by atoms with Gasteiger partial charge in [0.15, 0.2) is 11.5 Å². The zero-order valence-corrected chi connectivity index (χ0v) is 28.8. The van der Waals surface area contributed by atoms with Crippen LogP contribution in [-0.4, -0.2) is 71.3 Å². The Morgan fingerprint density at radius 3 is 0.979 bits per heavy atom. The topological polar surface area (TPSA) is 204 Å². The smallest absolute Gasteiger partial charge is 0.380 e. The molecule has 0 atom stereocenters. The second-order valence-corrected chi connectivity index (χ2v) is 17.0. The molecule has 47 heavy (non-hydrogen) atoms. The van der Waals surface area contributed by atoms with E-state index < -0.39 is 87.4 Å². The van der Waals surface area contributed by atoms with Crippen LogP contribution >= 0.6 is 0 Å². The molecule has 2 aromatic carbocycles. The Bertz CT molecular complexity index is 1710. The van der Waals surface area contributed by atoms with Crippen molar-refractivity contribution in [3.63, 3.8) is 0 Å². The normalized spacial score (nSPS) is 13.5. The molecule has 2 rings (SSSR count). The Morgan fingerprint density at radius 1 is 0.532 bits per heavy atom. The van der Waals surface area contributed by atoms with Gasteiger partial charge in [-0.15, -0.1) is 0 Å². The van der Waals surface area contributed by atoms with E-state index in [9.17, 15) is 33.7 Å². The van der Waals surface area contributed by atoms with Crippen molar-refractivity contribution in [1.29, 1.82) is 0 Å². The number of ether oxygens (including phenoxy) is 4. The summed E-state index contributed by atoms with van der Waals surface area (Å²) in [5, 5.41) is 0. The van der Waals surface area contributed by atoms with Gasteiger partial charge in [0.05, 0.1) is 26.4 Å². The Kier molecular flexibility index (Phi) is 12.8. The molecule has 1 N–H and O–H groups in total. The minimum atomic E-state index is -7.30. The van der Waals surface area contributed by atoms with E-state index in [1.807, 2.05) is 0 Å². The number of rotatable bonds is 18. The molecule has 0 unspecified atom stereocenters. The van der Waals surface area contributed by atoms with Crippen LogP contribution in [0.4, 0.5) is 17.6 Å². The lowest BCUT2D eigenvalue weighted by atomic mass is 10.1. The number of sulfonamides is 2. The second-order valence-electron chi connectivity index (χ2n) is 9.65. The summed E-state index contributed by atoms with van der Waals surface area (Å²) in [5.41, 5.74) is 0.0424. The number of hydrogen-bond donors (Lipinski definition) is 1. The fourth-order valence-corrected chi connectivity index (χ4v) is 9.91. The number of benzene rings is 2. The number of methoxy groups -OCH3 is 4. The van der Waals surface area contributed by atoms with Gasteiger partial charge in [0.25, 0.3) is 0 Å². The zero-order chi connectivity index (χ0) is 36.2. The SMILES string of the molecule is COCc1cc(C)cc(COC)c1OS(=O)(=O)C(F)(F)S(=O)(=O)NS(=O)(=O)C(F)(F)S(=O)(=O)Oc1c(COC)cc(C)cc1COC. The van der Waals surface area contributed by atoms with Gasteiger partial charge in [0.1, 0.15) is 0 Å². The van der Waals surface area contributed by atoms with E-state index in [-0.39, 0.29) is 26.4 Å². The highest BCUT2D eigenvalue weighted by Crippen LogP contribution is 2.39. The maximum absolute atomic E-state index is 15.1. The fourth-order valence-electron chi connectivity index (χ4n) is 3.95. The van der Waals surface area contributed by atoms with Crippen LogP contribution in [0.3, 0.4) is 0 Å². The number of halogens is 4. The predicted molar refractivity (Wildman–Crippen MR) is 155 cm³/mol. The molecule has 0 bridgehead atoms. The Morgan fingerprint density at radius 2 is 0.766 bits per heavy atom. The zero-order valence-electron chi connectivity index (χ0n) is 25.5. The van der Waals surface area contributed by atoms with Crippen molar-refractivity contribution in [2.24, 2.45) is 0 Å². The molecule has 0 amide bonds. The van der Waals surface area contributed by atoms with Gasteiger partial charge in [-0.3, -0.25) is 0 Å². The highest BCUT2D eigenvalue weighted by atomic mass is 32.3. The second kappa shape index (κ2) is 14.9. The molecule has 0 aromatic heterocycles. The average molecular weight is 762 g/mol. The van der Waals surface area contributed by atoms with Gasteiger partial charge in [0, 0.05) is 50.7 Å². The van der Waals surface area contributed by atoms with Gasteiger partial charge in [-0.2, -0.15) is 34.4 Å². The number of alkyl halides is 4. The van der Waals surface area contributed by atoms with E-state index in [4.69, 9.17) is 18.9 Å². The highest BCUT2D eigenvalue weighted by molar-refractivity contribution is 8.16. The van der Waals surface area contributed by atoms with Crippen LogP contribution in [-0.2, 0) is 85.7 Å². The van der Waals surface area contributed by atoms with E-state index in [0.717, 1.165) is 28.4 Å². The molecule has 0 fully saturated rings. The quantitative estimate of drug-likeness (QED) is 0.171. The number of aryl methyl sites for hydroxylation is 2. The van der Waals surface area contributed by atoms with Crippen molar-refractivity contribution in [3.8, 4) is 11.5 Å². The standard InChI is InChI=1S/C24H31F4NO14S4/c1-15-7-17(11-38-3)21(18(8-15)12-39-4)42-46(34,35)23(25,26)44(30,31)29-45(32,33)24(27,28)47(36,37)43-22-19(13-40-5)9-16(2)10-20(22)14-41-6/h7-10,29H,11-14H2,1-6H3. The highest BCUT2D eigenvalue weighted by Gasteiger charge is 2.67. The predicted octanol–water partition coefficient (Wildman–Crippen LogP) is 2.36. The molecule has 23 heteroatoms. The average Bonchev–Trinajstić information content (AvgIpc) is 2.92. The third kappa shape index (κ3) is 8.51. The lowest BCUT2D eigenvalue weighted by Gasteiger charge is -2.23. The molecular formula is C24H31F4NO14S4. The first-order valence-electron chi connectivity index (χ1n) is 12.6. The molecule has 268 valence electrons. The van der Waals surface area contributed by atoms with E-state index in [0.29, 0.717) is 11.1 Å². The lowest BCUT2D eigenvalue weighted by Crippen LogP contribution is -2.54. The van der Waals surface area contributed by atoms with Gasteiger partial charge < -0.3 is 27.3 Å². The van der Waals surface area contributed by atoms with Gasteiger partial charge in [-0.1, -0.05) is 15.3 Å². The van der Waals surface area contributed by atoms with Crippen LogP contribution in [0.1, 0.15) is 33.4 Å². The number of hydrogen-bond acceptors (Lipinski definition) is 14. The summed E-state index contributed by atoms with van der Waals surface area (Å²) in [6, 6.07) is 4.88. The van der Waals surface area contributed by atoms with Gasteiger partial charge in [-0.25, -0.2) is 16.8 Å². The third-order valence-corrected chi connectivity index (χ3v) is 13.3. The van der Waals surface area contributed by atoms with Crippen molar-refractivity contribution in [2.45, 2.75) is 49.4 Å². The number of nitrogens with one attached hydrogen (secondary N) is 1. The summed E-state index contributed by atoms with van der Waals surface area (Å²) in [5.74, 6) is -1.79. The molecule has 2 aromatic rings. The largest absolute Gasteiger partial charge is 0.496 e. The molecule has 0 aliphatic carbocycles. The molecule has 0 aliphatic heterocycles. The van der Waals surface area contributed by atoms with Crippen LogP contribution in [0.5, 0.6) is 11.5 Å². The van der Waals surface area contributed by atoms with Crippen molar-refractivity contribution in [2.75, 3.05) is 28.4 Å². The summed E-state index contributed by atoms with van der Waals surface area (Å²) >= 11 is 0. The van der Waals surface area contributed by atoms with Crippen molar-refractivity contribution < 1.29 is 78.5 Å². The third-order valence-electron chi connectivity index (χ3n) is 5.79. The molecule has 0 radical (unpaired) electrons. The Hall–Kier alpha value is -2.64. The monoisotopic (exact) mass is 761 g/mol. The minimum Gasteiger partial charge on any atom is -0.380 e. The van der Waals surface area contributed by atoms with Gasteiger partial charge in [0.2, 0.25) is 0 Å². The summed E-state index contributed by atoms with van der Waals surface area (Å²) in [6.07, 6.45) is 0. The molecule has 0 saturated carbocycles. The molecular weight excluding hydrogens is 731 g/mol. The molecule has 0 saturated heterocycles. The van der Waals surface area contributed by atoms with Crippen LogP contribution < -0.4 is 12.5 Å². The minimum absolute atomic E-state index is 0.198. The van der Waals surface area contributed by atoms with E-state index in [2.05, 4.69) is 8.37 Å². The lowest BCUT2D eigenvalue weighted by molar-refractivity contribution is 0.158. The van der Waals surface area contributed by atoms with Crippen LogP contribution in [0.25, 0.3) is 0 Å². The molecule has 0 aliphatic rings. The summed E-state index contributed by atoms with van der Waals surface area (Å²) in [6.45, 7) is 1.18. The van der Waals surface area contributed by atoms with E-state index >= 15 is 17.6 Å². The van der Waals surface area contributed by atoms with Crippen molar-refractivity contribution in [3.05, 3.63) is 57.6 Å². The van der Waals surface area contributed by atoms with Crippen molar-refractivity contribution >= 4 is 40.3 Å². The first-order chi connectivity index (χ1) is 21.4. The van der Waals surface area contributed by atoms with Crippen molar-refractivity contribution in [1.82, 2.24) is 4.13 Å². The first kappa shape index (κ1) is 40.5. The van der Waals surface area contributed by atoms with Gasteiger partial charge in [-0.05, 0) is 38.1 Å².